The molecule has 1 heterocycles. The molecule has 0 saturated carbocycles. The average Bonchev–Trinajstić information content (AvgIpc) is 2.77. The highest BCUT2D eigenvalue weighted by Gasteiger charge is 2.33. The van der Waals surface area contributed by atoms with Crippen molar-refractivity contribution in [2.75, 3.05) is 33.3 Å². The van der Waals surface area contributed by atoms with E-state index < -0.39 is 27.7 Å². The van der Waals surface area contributed by atoms with Crippen molar-refractivity contribution in [1.29, 1.82) is 0 Å². The van der Waals surface area contributed by atoms with Crippen molar-refractivity contribution >= 4 is 21.9 Å². The summed E-state index contributed by atoms with van der Waals surface area (Å²) in [4.78, 5) is 25.6. The van der Waals surface area contributed by atoms with Gasteiger partial charge >= 0.3 is 12.1 Å². The molecule has 1 saturated heterocycles. The highest BCUT2D eigenvalue weighted by Crippen LogP contribution is 2.30. The lowest BCUT2D eigenvalue weighted by atomic mass is 10.1. The number of carbonyl (C=O) groups excluding carboxylic acids is 2. The minimum Gasteiger partial charge on any atom is -0.465 e. The molecule has 2 aromatic rings. The Morgan fingerprint density at radius 3 is 2.06 bits per heavy atom. The van der Waals surface area contributed by atoms with Gasteiger partial charge in [-0.25, -0.2) is 13.2 Å². The summed E-state index contributed by atoms with van der Waals surface area (Å²) < 4.78 is 69.3. The van der Waals surface area contributed by atoms with Crippen molar-refractivity contribution in [2.24, 2.45) is 0 Å². The zero-order valence-corrected chi connectivity index (χ0v) is 17.2. The zero-order chi connectivity index (χ0) is 22.8. The van der Waals surface area contributed by atoms with E-state index in [9.17, 15) is 31.2 Å². The van der Waals surface area contributed by atoms with Gasteiger partial charge in [-0.15, -0.1) is 0 Å². The number of piperazine rings is 1. The molecule has 7 nitrogen and oxygen atoms in total. The second kappa shape index (κ2) is 8.67. The molecular weight excluding hydrogens is 437 g/mol. The third-order valence-corrected chi connectivity index (χ3v) is 6.79. The number of sulfonamides is 1. The minimum absolute atomic E-state index is 0.00815. The summed E-state index contributed by atoms with van der Waals surface area (Å²) in [6, 6.07) is 9.30. The Balaban J connectivity index is 1.69. The summed E-state index contributed by atoms with van der Waals surface area (Å²) in [7, 11) is -2.76. The fourth-order valence-corrected chi connectivity index (χ4v) is 4.60. The van der Waals surface area contributed by atoms with Crippen molar-refractivity contribution in [1.82, 2.24) is 9.21 Å². The van der Waals surface area contributed by atoms with E-state index >= 15 is 0 Å². The summed E-state index contributed by atoms with van der Waals surface area (Å²) >= 11 is 0. The van der Waals surface area contributed by atoms with Crippen molar-refractivity contribution in [3.8, 4) is 0 Å². The van der Waals surface area contributed by atoms with Crippen LogP contribution in [0.1, 0.15) is 26.3 Å². The van der Waals surface area contributed by atoms with Crippen LogP contribution in [0.5, 0.6) is 0 Å². The van der Waals surface area contributed by atoms with Crippen LogP contribution >= 0.6 is 0 Å². The maximum Gasteiger partial charge on any atom is 0.416 e. The number of benzene rings is 2. The Kier molecular flexibility index (Phi) is 6.37. The summed E-state index contributed by atoms with van der Waals surface area (Å²) in [5.41, 5.74) is -0.449. The largest absolute Gasteiger partial charge is 0.465 e. The van der Waals surface area contributed by atoms with Crippen LogP contribution in [0.4, 0.5) is 13.2 Å². The van der Waals surface area contributed by atoms with Gasteiger partial charge in [0.05, 0.1) is 23.1 Å². The van der Waals surface area contributed by atoms with E-state index in [4.69, 9.17) is 0 Å². The van der Waals surface area contributed by atoms with Crippen LogP contribution in [-0.2, 0) is 20.9 Å². The van der Waals surface area contributed by atoms with E-state index in [1.807, 2.05) is 0 Å². The molecule has 11 heteroatoms. The second-order valence-electron chi connectivity index (χ2n) is 6.79. The summed E-state index contributed by atoms with van der Waals surface area (Å²) in [6.07, 6.45) is -4.56. The van der Waals surface area contributed by atoms with E-state index in [1.54, 1.807) is 12.1 Å². The Morgan fingerprint density at radius 1 is 0.935 bits per heavy atom. The van der Waals surface area contributed by atoms with Crippen LogP contribution in [0.3, 0.4) is 0 Å². The van der Waals surface area contributed by atoms with Crippen molar-refractivity contribution in [3.63, 3.8) is 0 Å². The molecule has 2 aromatic carbocycles. The third-order valence-electron chi connectivity index (χ3n) is 4.88. The Labute approximate surface area is 177 Å². The molecule has 166 valence electrons. The molecule has 1 aliphatic heterocycles. The molecule has 1 amide bonds. The number of ether oxygens (including phenoxy) is 1. The summed E-state index contributed by atoms with van der Waals surface area (Å²) in [5.74, 6) is -0.945. The monoisotopic (exact) mass is 456 g/mol. The van der Waals surface area contributed by atoms with Crippen LogP contribution in [0.2, 0.25) is 0 Å². The highest BCUT2D eigenvalue weighted by molar-refractivity contribution is 7.89. The van der Waals surface area contributed by atoms with Gasteiger partial charge in [-0.3, -0.25) is 4.79 Å². The SMILES string of the molecule is COC(=O)c1cccc(C(=O)N2CCN(S(=O)(=O)c3ccc(C(F)(F)F)cc3)CC2)c1. The molecular formula is C20H19F3N2O5S. The fourth-order valence-electron chi connectivity index (χ4n) is 3.18. The fraction of sp³-hybridized carbons (Fsp3) is 0.300. The first kappa shape index (κ1) is 22.8. The van der Waals surface area contributed by atoms with Gasteiger partial charge in [0, 0.05) is 31.7 Å². The van der Waals surface area contributed by atoms with Gasteiger partial charge in [0.25, 0.3) is 5.91 Å². The topological polar surface area (TPSA) is 84.0 Å². The van der Waals surface area contributed by atoms with Crippen LogP contribution in [0, 0.1) is 0 Å². The molecule has 31 heavy (non-hydrogen) atoms. The van der Waals surface area contributed by atoms with Gasteiger partial charge in [0.15, 0.2) is 0 Å². The van der Waals surface area contributed by atoms with Gasteiger partial charge in [0.1, 0.15) is 0 Å². The molecule has 0 aromatic heterocycles. The number of carbonyl (C=O) groups is 2. The number of hydrogen-bond acceptors (Lipinski definition) is 5. The number of methoxy groups -OCH3 is 1. The van der Waals surface area contributed by atoms with Crippen LogP contribution in [0.25, 0.3) is 0 Å². The average molecular weight is 456 g/mol. The second-order valence-corrected chi connectivity index (χ2v) is 8.73. The van der Waals surface area contributed by atoms with E-state index in [0.29, 0.717) is 0 Å². The van der Waals surface area contributed by atoms with Crippen molar-refractivity contribution in [2.45, 2.75) is 11.1 Å². The third kappa shape index (κ3) is 4.88. The number of alkyl halides is 3. The van der Waals surface area contributed by atoms with E-state index in [0.717, 1.165) is 28.6 Å². The molecule has 0 aliphatic carbocycles. The molecule has 0 radical (unpaired) electrons. The van der Waals surface area contributed by atoms with Gasteiger partial charge in [-0.1, -0.05) is 6.07 Å². The number of rotatable bonds is 4. The smallest absolute Gasteiger partial charge is 0.416 e. The maximum absolute atomic E-state index is 12.7. The van der Waals surface area contributed by atoms with Crippen LogP contribution in [-0.4, -0.2) is 62.8 Å². The van der Waals surface area contributed by atoms with E-state index in [2.05, 4.69) is 4.74 Å². The Bertz CT molecular complexity index is 1080. The predicted molar refractivity (Wildman–Crippen MR) is 104 cm³/mol. The number of nitrogens with zero attached hydrogens (tertiary/aromatic N) is 2. The maximum atomic E-state index is 12.7. The van der Waals surface area contributed by atoms with Crippen molar-refractivity contribution in [3.05, 3.63) is 65.2 Å². The molecule has 0 spiro atoms. The first-order chi connectivity index (χ1) is 14.5. The normalized spacial score (nSPS) is 15.5. The number of esters is 1. The van der Waals surface area contributed by atoms with Crippen LogP contribution < -0.4 is 0 Å². The van der Waals surface area contributed by atoms with Gasteiger partial charge in [0.2, 0.25) is 10.0 Å². The Morgan fingerprint density at radius 2 is 1.52 bits per heavy atom. The number of halogens is 3. The molecule has 1 aliphatic rings. The lowest BCUT2D eigenvalue weighted by molar-refractivity contribution is -0.137. The molecule has 0 unspecified atom stereocenters. The first-order valence-corrected chi connectivity index (χ1v) is 10.6. The first-order valence-electron chi connectivity index (χ1n) is 9.19. The zero-order valence-electron chi connectivity index (χ0n) is 16.4. The highest BCUT2D eigenvalue weighted by atomic mass is 32.2. The quantitative estimate of drug-likeness (QED) is 0.661. The molecule has 3 rings (SSSR count). The molecule has 0 atom stereocenters. The molecule has 0 bridgehead atoms. The van der Waals surface area contributed by atoms with Crippen molar-refractivity contribution < 1.29 is 35.9 Å². The van der Waals surface area contributed by atoms with Gasteiger partial charge in [-0.05, 0) is 42.5 Å². The molecule has 0 N–H and O–H groups in total. The van der Waals surface area contributed by atoms with Gasteiger partial charge < -0.3 is 9.64 Å². The lowest BCUT2D eigenvalue weighted by Crippen LogP contribution is -2.50. The van der Waals surface area contributed by atoms with Crippen LogP contribution in [0.15, 0.2) is 53.4 Å². The lowest BCUT2D eigenvalue weighted by Gasteiger charge is -2.34. The summed E-state index contributed by atoms with van der Waals surface area (Å²) in [5, 5.41) is 0. The summed E-state index contributed by atoms with van der Waals surface area (Å²) in [6.45, 7) is 0.180. The minimum atomic E-state index is -4.56. The Hall–Kier alpha value is -2.92. The standard InChI is InChI=1S/C20H19F3N2O5S/c1-30-19(27)15-4-2-3-14(13-15)18(26)24-9-11-25(12-10-24)31(28,29)17-7-5-16(6-8-17)20(21,22)23/h2-8,13H,9-12H2,1H3. The van der Waals surface area contributed by atoms with Gasteiger partial charge in [-0.2, -0.15) is 17.5 Å². The van der Waals surface area contributed by atoms with E-state index in [1.165, 1.54) is 24.1 Å². The number of hydrogen-bond donors (Lipinski definition) is 0. The predicted octanol–water partition coefficient (Wildman–Crippen LogP) is 2.64. The molecule has 1 fully saturated rings. The van der Waals surface area contributed by atoms with E-state index in [-0.39, 0.29) is 48.1 Å². The number of amides is 1.